The minimum Gasteiger partial charge on any atom is -0.493 e. The van der Waals surface area contributed by atoms with Gasteiger partial charge >= 0.3 is 6.61 Å². The fraction of sp³-hybridized carbons (Fsp3) is 0.200. The van der Waals surface area contributed by atoms with Crippen LogP contribution in [-0.4, -0.2) is 36.1 Å². The summed E-state index contributed by atoms with van der Waals surface area (Å²) in [6.07, 6.45) is 3.49. The summed E-state index contributed by atoms with van der Waals surface area (Å²) >= 11 is 0. The zero-order chi connectivity index (χ0) is 19.9. The zero-order valence-corrected chi connectivity index (χ0v) is 15.1. The summed E-state index contributed by atoms with van der Waals surface area (Å²) in [6.45, 7) is -2.51. The summed E-state index contributed by atoms with van der Waals surface area (Å²) in [5.41, 5.74) is 2.46. The van der Waals surface area contributed by atoms with Crippen LogP contribution >= 0.6 is 0 Å². The molecule has 0 unspecified atom stereocenters. The Bertz CT molecular complexity index is 953. The van der Waals surface area contributed by atoms with Gasteiger partial charge in [0.1, 0.15) is 5.82 Å². The Morgan fingerprint density at radius 2 is 2.07 bits per heavy atom. The maximum atomic E-state index is 12.3. The molecule has 0 aliphatic heterocycles. The fourth-order valence-electron chi connectivity index (χ4n) is 2.64. The maximum absolute atomic E-state index is 12.3. The summed E-state index contributed by atoms with van der Waals surface area (Å²) in [7, 11) is 1.35. The van der Waals surface area contributed by atoms with Gasteiger partial charge in [0, 0.05) is 19.0 Å². The average molecular weight is 387 g/mol. The van der Waals surface area contributed by atoms with Crippen molar-refractivity contribution in [3.63, 3.8) is 0 Å². The van der Waals surface area contributed by atoms with Gasteiger partial charge in [-0.25, -0.2) is 4.98 Å². The van der Waals surface area contributed by atoms with Crippen molar-refractivity contribution in [2.75, 3.05) is 13.7 Å². The Balaban J connectivity index is 1.53. The molecule has 0 saturated carbocycles. The van der Waals surface area contributed by atoms with E-state index in [0.29, 0.717) is 18.5 Å². The Hall–Kier alpha value is -3.42. The molecule has 146 valence electrons. The Kier molecular flexibility index (Phi) is 6.21. The lowest BCUT2D eigenvalue weighted by Crippen LogP contribution is -2.23. The first-order valence-electron chi connectivity index (χ1n) is 8.57. The zero-order valence-electron chi connectivity index (χ0n) is 15.1. The highest BCUT2D eigenvalue weighted by molar-refractivity contribution is 5.91. The minimum absolute atomic E-state index is 0.0649. The second-order valence-corrected chi connectivity index (χ2v) is 5.86. The molecule has 1 amide bonds. The number of alkyl halides is 2. The van der Waals surface area contributed by atoms with Crippen molar-refractivity contribution in [1.82, 2.24) is 15.3 Å². The molecule has 28 heavy (non-hydrogen) atoms. The molecule has 0 bridgehead atoms. The molecule has 2 N–H and O–H groups in total. The van der Waals surface area contributed by atoms with E-state index in [1.807, 2.05) is 24.3 Å². The molecule has 0 radical (unpaired) electrons. The van der Waals surface area contributed by atoms with Crippen molar-refractivity contribution in [3.05, 3.63) is 59.9 Å². The molecule has 2 aromatic carbocycles. The van der Waals surface area contributed by atoms with Gasteiger partial charge in [-0.05, 0) is 35.9 Å². The number of para-hydroxylation sites is 2. The van der Waals surface area contributed by atoms with Crippen LogP contribution < -0.4 is 14.8 Å². The van der Waals surface area contributed by atoms with Crippen LogP contribution in [0.5, 0.6) is 11.5 Å². The number of methoxy groups -OCH3 is 1. The molecule has 0 atom stereocenters. The first-order chi connectivity index (χ1) is 13.5. The van der Waals surface area contributed by atoms with Crippen molar-refractivity contribution < 1.29 is 23.0 Å². The summed E-state index contributed by atoms with van der Waals surface area (Å²) < 4.78 is 34.1. The monoisotopic (exact) mass is 387 g/mol. The number of halogens is 2. The molecule has 1 heterocycles. The van der Waals surface area contributed by atoms with Crippen LogP contribution in [0, 0.1) is 0 Å². The molecule has 3 aromatic rings. The quantitative estimate of drug-likeness (QED) is 0.580. The van der Waals surface area contributed by atoms with E-state index in [2.05, 4.69) is 20.0 Å². The van der Waals surface area contributed by atoms with Crippen molar-refractivity contribution >= 4 is 23.0 Å². The largest absolute Gasteiger partial charge is 0.493 e. The Labute approximate surface area is 160 Å². The molecule has 0 aliphatic rings. The van der Waals surface area contributed by atoms with Crippen LogP contribution in [0.25, 0.3) is 17.1 Å². The van der Waals surface area contributed by atoms with Crippen LogP contribution in [0.15, 0.2) is 48.5 Å². The van der Waals surface area contributed by atoms with E-state index < -0.39 is 6.61 Å². The number of carbonyl (C=O) groups is 1. The van der Waals surface area contributed by atoms with Gasteiger partial charge in [-0.1, -0.05) is 18.2 Å². The van der Waals surface area contributed by atoms with E-state index in [1.165, 1.54) is 25.3 Å². The highest BCUT2D eigenvalue weighted by Gasteiger charge is 2.10. The second kappa shape index (κ2) is 8.98. The third-order valence-electron chi connectivity index (χ3n) is 3.93. The van der Waals surface area contributed by atoms with Gasteiger partial charge in [0.15, 0.2) is 11.5 Å². The number of fused-ring (bicyclic) bond motifs is 1. The van der Waals surface area contributed by atoms with Gasteiger partial charge in [0.2, 0.25) is 5.91 Å². The third kappa shape index (κ3) is 5.06. The summed E-state index contributed by atoms with van der Waals surface area (Å²) in [5, 5.41) is 2.77. The lowest BCUT2D eigenvalue weighted by atomic mass is 10.2. The van der Waals surface area contributed by atoms with Gasteiger partial charge in [-0.15, -0.1) is 0 Å². The highest BCUT2D eigenvalue weighted by Crippen LogP contribution is 2.29. The molecule has 0 spiro atoms. The molecule has 3 rings (SSSR count). The van der Waals surface area contributed by atoms with Crippen LogP contribution in [0.4, 0.5) is 8.78 Å². The topological polar surface area (TPSA) is 76.2 Å². The number of aromatic nitrogens is 2. The standard InChI is InChI=1S/C20H19F2N3O3/c1-27-17-12-13(6-8-16(17)28-20(21)22)7-9-19(26)23-11-10-18-24-14-4-2-3-5-15(14)25-18/h2-9,12,20H,10-11H2,1H3,(H,23,26)(H,24,25)/b9-7+. The van der Waals surface area contributed by atoms with Crippen LogP contribution in [-0.2, 0) is 11.2 Å². The lowest BCUT2D eigenvalue weighted by molar-refractivity contribution is -0.116. The smallest absolute Gasteiger partial charge is 0.387 e. The third-order valence-corrected chi connectivity index (χ3v) is 3.93. The van der Waals surface area contributed by atoms with E-state index in [1.54, 1.807) is 12.1 Å². The van der Waals surface area contributed by atoms with Gasteiger partial charge < -0.3 is 19.8 Å². The number of aromatic amines is 1. The van der Waals surface area contributed by atoms with E-state index in [9.17, 15) is 13.6 Å². The Morgan fingerprint density at radius 1 is 1.25 bits per heavy atom. The summed E-state index contributed by atoms with van der Waals surface area (Å²) in [6, 6.07) is 12.1. The number of hydrogen-bond acceptors (Lipinski definition) is 4. The number of imidazole rings is 1. The summed E-state index contributed by atoms with van der Waals surface area (Å²) in [4.78, 5) is 19.6. The normalized spacial score (nSPS) is 11.3. The number of carbonyl (C=O) groups excluding carboxylic acids is 1. The van der Waals surface area contributed by atoms with E-state index in [0.717, 1.165) is 16.9 Å². The molecule has 6 nitrogen and oxygen atoms in total. The van der Waals surface area contributed by atoms with Gasteiger partial charge in [0.05, 0.1) is 18.1 Å². The summed E-state index contributed by atoms with van der Waals surface area (Å²) in [5.74, 6) is 0.616. The maximum Gasteiger partial charge on any atom is 0.387 e. The molecule has 0 saturated heterocycles. The number of rotatable bonds is 8. The van der Waals surface area contributed by atoms with E-state index in [4.69, 9.17) is 4.74 Å². The number of amides is 1. The van der Waals surface area contributed by atoms with E-state index in [-0.39, 0.29) is 17.4 Å². The van der Waals surface area contributed by atoms with Crippen molar-refractivity contribution in [2.24, 2.45) is 0 Å². The van der Waals surface area contributed by atoms with Gasteiger partial charge in [-0.2, -0.15) is 8.78 Å². The second-order valence-electron chi connectivity index (χ2n) is 5.86. The predicted octanol–water partition coefficient (Wildman–Crippen LogP) is 3.55. The van der Waals surface area contributed by atoms with Crippen molar-refractivity contribution in [3.8, 4) is 11.5 Å². The Morgan fingerprint density at radius 3 is 2.82 bits per heavy atom. The van der Waals surface area contributed by atoms with E-state index >= 15 is 0 Å². The lowest BCUT2D eigenvalue weighted by Gasteiger charge is -2.10. The SMILES string of the molecule is COc1cc(/C=C/C(=O)NCCc2nc3ccccc3[nH]2)ccc1OC(F)F. The van der Waals surface area contributed by atoms with Gasteiger partial charge in [-0.3, -0.25) is 4.79 Å². The molecular formula is C20H19F2N3O3. The molecule has 1 aromatic heterocycles. The number of nitrogens with one attached hydrogen (secondary N) is 2. The fourth-order valence-corrected chi connectivity index (χ4v) is 2.64. The minimum atomic E-state index is -2.94. The first kappa shape index (κ1) is 19.3. The van der Waals surface area contributed by atoms with Crippen LogP contribution in [0.1, 0.15) is 11.4 Å². The molecular weight excluding hydrogens is 368 g/mol. The highest BCUT2D eigenvalue weighted by atomic mass is 19.3. The number of nitrogens with zero attached hydrogens (tertiary/aromatic N) is 1. The molecule has 0 fully saturated rings. The van der Waals surface area contributed by atoms with Crippen molar-refractivity contribution in [2.45, 2.75) is 13.0 Å². The number of benzene rings is 2. The molecule has 8 heteroatoms. The predicted molar refractivity (Wildman–Crippen MR) is 101 cm³/mol. The van der Waals surface area contributed by atoms with Crippen molar-refractivity contribution in [1.29, 1.82) is 0 Å². The van der Waals surface area contributed by atoms with Crippen LogP contribution in [0.2, 0.25) is 0 Å². The number of ether oxygens (including phenoxy) is 2. The number of H-pyrrole nitrogens is 1. The van der Waals surface area contributed by atoms with Gasteiger partial charge in [0.25, 0.3) is 0 Å². The molecule has 0 aliphatic carbocycles. The first-order valence-corrected chi connectivity index (χ1v) is 8.57. The van der Waals surface area contributed by atoms with Crippen LogP contribution in [0.3, 0.4) is 0 Å². The number of hydrogen-bond donors (Lipinski definition) is 2. The average Bonchev–Trinajstić information content (AvgIpc) is 3.09.